The normalized spacial score (nSPS) is 13.6. The van der Waals surface area contributed by atoms with Crippen LogP contribution in [0.3, 0.4) is 0 Å². The molecule has 0 bridgehead atoms. The van der Waals surface area contributed by atoms with E-state index >= 15 is 0 Å². The topological polar surface area (TPSA) is 55.8 Å². The number of ether oxygens (including phenoxy) is 2. The first-order chi connectivity index (χ1) is 8.51. The lowest BCUT2D eigenvalue weighted by Crippen LogP contribution is -2.13. The number of allylic oxidation sites excluding steroid dienone is 5. The molecule has 0 saturated carbocycles. The first-order valence-electron chi connectivity index (χ1n) is 5.80. The second-order valence-electron chi connectivity index (χ2n) is 3.95. The lowest BCUT2D eigenvalue weighted by molar-refractivity contribution is -0.136. The van der Waals surface area contributed by atoms with Gasteiger partial charge < -0.3 is 14.6 Å². The smallest absolute Gasteiger partial charge is 0.303 e. The zero-order valence-electron chi connectivity index (χ0n) is 11.5. The minimum Gasteiger partial charge on any atom is -0.481 e. The van der Waals surface area contributed by atoms with Crippen LogP contribution in [0.5, 0.6) is 0 Å². The van der Waals surface area contributed by atoms with Gasteiger partial charge in [-0.05, 0) is 25.8 Å². The van der Waals surface area contributed by atoms with E-state index in [2.05, 4.69) is 0 Å². The van der Waals surface area contributed by atoms with Crippen LogP contribution >= 0.6 is 0 Å². The SMILES string of the molecule is COC(OC)C(C)=CC=CC(C)=CCCC(=O)O. The van der Waals surface area contributed by atoms with Gasteiger partial charge in [-0.1, -0.05) is 29.9 Å². The summed E-state index contributed by atoms with van der Waals surface area (Å²) < 4.78 is 10.2. The maximum atomic E-state index is 10.3. The summed E-state index contributed by atoms with van der Waals surface area (Å²) in [5, 5.41) is 8.51. The average molecular weight is 254 g/mol. The molecular weight excluding hydrogens is 232 g/mol. The predicted molar refractivity (Wildman–Crippen MR) is 71.3 cm³/mol. The van der Waals surface area contributed by atoms with E-state index in [0.717, 1.165) is 11.1 Å². The van der Waals surface area contributed by atoms with E-state index in [4.69, 9.17) is 14.6 Å². The molecule has 0 radical (unpaired) electrons. The van der Waals surface area contributed by atoms with Crippen LogP contribution in [-0.4, -0.2) is 31.6 Å². The predicted octanol–water partition coefficient (Wildman–Crippen LogP) is 2.92. The van der Waals surface area contributed by atoms with Crippen LogP contribution in [0, 0.1) is 0 Å². The van der Waals surface area contributed by atoms with Gasteiger partial charge in [0.1, 0.15) is 0 Å². The Balaban J connectivity index is 4.29. The molecule has 0 heterocycles. The summed E-state index contributed by atoms with van der Waals surface area (Å²) in [6.07, 6.45) is 8.01. The highest BCUT2D eigenvalue weighted by Crippen LogP contribution is 2.07. The van der Waals surface area contributed by atoms with Gasteiger partial charge in [-0.2, -0.15) is 0 Å². The van der Waals surface area contributed by atoms with Crippen LogP contribution in [0.4, 0.5) is 0 Å². The Bertz CT molecular complexity index is 336. The average Bonchev–Trinajstić information content (AvgIpc) is 2.30. The summed E-state index contributed by atoms with van der Waals surface area (Å²) in [7, 11) is 3.18. The monoisotopic (exact) mass is 254 g/mol. The molecule has 4 heteroatoms. The summed E-state index contributed by atoms with van der Waals surface area (Å²) in [5.74, 6) is -0.776. The van der Waals surface area contributed by atoms with E-state index in [1.807, 2.05) is 38.2 Å². The van der Waals surface area contributed by atoms with Gasteiger partial charge in [0.15, 0.2) is 6.29 Å². The van der Waals surface area contributed by atoms with Crippen molar-refractivity contribution in [2.45, 2.75) is 33.0 Å². The van der Waals surface area contributed by atoms with Gasteiger partial charge in [0.25, 0.3) is 0 Å². The van der Waals surface area contributed by atoms with Crippen LogP contribution in [0.2, 0.25) is 0 Å². The molecule has 0 rings (SSSR count). The summed E-state index contributed by atoms with van der Waals surface area (Å²) in [4.78, 5) is 10.3. The number of rotatable bonds is 8. The molecule has 0 aliphatic heterocycles. The van der Waals surface area contributed by atoms with Crippen molar-refractivity contribution in [2.75, 3.05) is 14.2 Å². The van der Waals surface area contributed by atoms with Crippen molar-refractivity contribution < 1.29 is 19.4 Å². The Morgan fingerprint density at radius 2 is 1.89 bits per heavy atom. The fourth-order valence-corrected chi connectivity index (χ4v) is 1.39. The van der Waals surface area contributed by atoms with Crippen molar-refractivity contribution in [1.29, 1.82) is 0 Å². The molecule has 0 atom stereocenters. The van der Waals surface area contributed by atoms with Crippen molar-refractivity contribution in [1.82, 2.24) is 0 Å². The molecule has 0 aromatic rings. The van der Waals surface area contributed by atoms with Gasteiger partial charge in [-0.3, -0.25) is 4.79 Å². The fourth-order valence-electron chi connectivity index (χ4n) is 1.39. The highest BCUT2D eigenvalue weighted by atomic mass is 16.7. The third-order valence-electron chi connectivity index (χ3n) is 2.34. The van der Waals surface area contributed by atoms with Gasteiger partial charge in [0, 0.05) is 20.6 Å². The van der Waals surface area contributed by atoms with Crippen LogP contribution in [0.25, 0.3) is 0 Å². The van der Waals surface area contributed by atoms with Gasteiger partial charge in [0.05, 0.1) is 0 Å². The molecule has 0 aromatic carbocycles. The molecule has 0 aromatic heterocycles. The van der Waals surface area contributed by atoms with E-state index < -0.39 is 5.97 Å². The molecule has 18 heavy (non-hydrogen) atoms. The number of hydrogen-bond acceptors (Lipinski definition) is 3. The standard InChI is InChI=1S/C14H22O4/c1-11(8-6-10-13(15)16)7-5-9-12(2)14(17-3)18-4/h5,7-9,14H,6,10H2,1-4H3,(H,15,16). The third kappa shape index (κ3) is 7.81. The molecule has 4 nitrogen and oxygen atoms in total. The Labute approximate surface area is 109 Å². The lowest BCUT2D eigenvalue weighted by Gasteiger charge is -2.12. The summed E-state index contributed by atoms with van der Waals surface area (Å²) >= 11 is 0. The van der Waals surface area contributed by atoms with Gasteiger partial charge in [0.2, 0.25) is 0 Å². The van der Waals surface area contributed by atoms with Crippen molar-refractivity contribution in [3.8, 4) is 0 Å². The highest BCUT2D eigenvalue weighted by molar-refractivity contribution is 5.66. The number of carbonyl (C=O) groups is 1. The minimum atomic E-state index is -0.776. The van der Waals surface area contributed by atoms with Crippen LogP contribution in [0.1, 0.15) is 26.7 Å². The number of aliphatic carboxylic acids is 1. The Morgan fingerprint density at radius 3 is 2.39 bits per heavy atom. The Kier molecular flexibility index (Phi) is 8.88. The third-order valence-corrected chi connectivity index (χ3v) is 2.34. The van der Waals surface area contributed by atoms with Gasteiger partial charge >= 0.3 is 5.97 Å². The first-order valence-corrected chi connectivity index (χ1v) is 5.80. The largest absolute Gasteiger partial charge is 0.481 e. The lowest BCUT2D eigenvalue weighted by atomic mass is 10.2. The van der Waals surface area contributed by atoms with E-state index in [1.54, 1.807) is 14.2 Å². The molecule has 0 aliphatic rings. The highest BCUT2D eigenvalue weighted by Gasteiger charge is 2.05. The summed E-state index contributed by atoms with van der Waals surface area (Å²) in [6.45, 7) is 3.86. The van der Waals surface area contributed by atoms with Gasteiger partial charge in [-0.25, -0.2) is 0 Å². The van der Waals surface area contributed by atoms with Gasteiger partial charge in [-0.15, -0.1) is 0 Å². The fraction of sp³-hybridized carbons (Fsp3) is 0.500. The summed E-state index contributed by atoms with van der Waals surface area (Å²) in [5.41, 5.74) is 2.00. The molecule has 1 N–H and O–H groups in total. The second kappa shape index (κ2) is 9.62. The number of methoxy groups -OCH3 is 2. The van der Waals surface area contributed by atoms with Crippen LogP contribution in [-0.2, 0) is 14.3 Å². The molecular formula is C14H22O4. The zero-order chi connectivity index (χ0) is 14.0. The van der Waals surface area contributed by atoms with Crippen molar-refractivity contribution >= 4 is 5.97 Å². The molecule has 0 saturated heterocycles. The second-order valence-corrected chi connectivity index (χ2v) is 3.95. The van der Waals surface area contributed by atoms with E-state index in [-0.39, 0.29) is 12.7 Å². The zero-order valence-corrected chi connectivity index (χ0v) is 11.5. The van der Waals surface area contributed by atoms with E-state index in [9.17, 15) is 4.79 Å². The quantitative estimate of drug-likeness (QED) is 0.534. The van der Waals surface area contributed by atoms with Crippen molar-refractivity contribution in [2.24, 2.45) is 0 Å². The molecule has 0 spiro atoms. The summed E-state index contributed by atoms with van der Waals surface area (Å²) in [6, 6.07) is 0. The number of hydrogen-bond donors (Lipinski definition) is 1. The Hall–Kier alpha value is -1.39. The van der Waals surface area contributed by atoms with E-state index in [0.29, 0.717) is 6.42 Å². The maximum Gasteiger partial charge on any atom is 0.303 e. The van der Waals surface area contributed by atoms with E-state index in [1.165, 1.54) is 0 Å². The molecule has 0 amide bonds. The molecule has 0 unspecified atom stereocenters. The molecule has 0 aliphatic carbocycles. The molecule has 102 valence electrons. The molecule has 0 fully saturated rings. The Morgan fingerprint density at radius 1 is 1.28 bits per heavy atom. The van der Waals surface area contributed by atoms with Crippen LogP contribution in [0.15, 0.2) is 35.5 Å². The number of carboxylic acids is 1. The maximum absolute atomic E-state index is 10.3. The number of carboxylic acid groups (broad SMARTS) is 1. The van der Waals surface area contributed by atoms with Crippen molar-refractivity contribution in [3.05, 3.63) is 35.5 Å². The first kappa shape index (κ1) is 16.6. The van der Waals surface area contributed by atoms with Crippen molar-refractivity contribution in [3.63, 3.8) is 0 Å². The minimum absolute atomic E-state index is 0.162. The van der Waals surface area contributed by atoms with Crippen LogP contribution < -0.4 is 0 Å².